The summed E-state index contributed by atoms with van der Waals surface area (Å²) in [6.07, 6.45) is 7.11. The first kappa shape index (κ1) is 17.6. The molecule has 1 aliphatic carbocycles. The van der Waals surface area contributed by atoms with E-state index in [-0.39, 0.29) is 23.4 Å². The highest BCUT2D eigenvalue weighted by atomic mass is 35.5. The zero-order valence-electron chi connectivity index (χ0n) is 13.3. The minimum Gasteiger partial charge on any atom is -0.504 e. The molecule has 0 spiro atoms. The van der Waals surface area contributed by atoms with Crippen molar-refractivity contribution in [1.82, 2.24) is 4.90 Å². The maximum absolute atomic E-state index is 12.8. The number of phenols is 1. The summed E-state index contributed by atoms with van der Waals surface area (Å²) in [5.41, 5.74) is 0.448. The van der Waals surface area contributed by atoms with E-state index < -0.39 is 0 Å². The van der Waals surface area contributed by atoms with Gasteiger partial charge in [0, 0.05) is 22.7 Å². The maximum atomic E-state index is 12.8. The van der Waals surface area contributed by atoms with E-state index in [4.69, 9.17) is 28.6 Å². The minimum absolute atomic E-state index is 0.0372. The molecule has 2 fully saturated rings. The van der Waals surface area contributed by atoms with Crippen molar-refractivity contribution in [3.05, 3.63) is 27.6 Å². The number of thiocarbonyl (C=S) groups is 1. The second-order valence-corrected chi connectivity index (χ2v) is 8.00. The van der Waals surface area contributed by atoms with Crippen LogP contribution in [0.1, 0.15) is 37.7 Å². The van der Waals surface area contributed by atoms with Crippen molar-refractivity contribution in [3.8, 4) is 11.5 Å². The molecule has 1 aromatic carbocycles. The number of amides is 1. The van der Waals surface area contributed by atoms with Gasteiger partial charge in [0.2, 0.25) is 0 Å². The number of aromatic hydroxyl groups is 1. The molecule has 7 heteroatoms. The number of ether oxygens (including phenoxy) is 1. The number of thioether (sulfide) groups is 1. The van der Waals surface area contributed by atoms with Crippen molar-refractivity contribution >= 4 is 51.9 Å². The zero-order chi connectivity index (χ0) is 17.3. The highest BCUT2D eigenvalue weighted by Crippen LogP contribution is 2.40. The minimum atomic E-state index is -0.0877. The van der Waals surface area contributed by atoms with Gasteiger partial charge >= 0.3 is 0 Å². The number of hydrogen-bond acceptors (Lipinski definition) is 5. The van der Waals surface area contributed by atoms with Gasteiger partial charge in [-0.05, 0) is 25.0 Å². The van der Waals surface area contributed by atoms with Crippen molar-refractivity contribution in [2.45, 2.75) is 38.1 Å². The van der Waals surface area contributed by atoms with Crippen LogP contribution in [0.25, 0.3) is 6.08 Å². The molecular formula is C17H18ClNO3S2. The van der Waals surface area contributed by atoms with Crippen LogP contribution in [0.3, 0.4) is 0 Å². The molecule has 0 radical (unpaired) electrons. The van der Waals surface area contributed by atoms with E-state index in [1.54, 1.807) is 17.0 Å². The van der Waals surface area contributed by atoms with Gasteiger partial charge in [-0.25, -0.2) is 0 Å². The van der Waals surface area contributed by atoms with Crippen LogP contribution < -0.4 is 4.74 Å². The summed E-state index contributed by atoms with van der Waals surface area (Å²) >= 11 is 12.7. The lowest BCUT2D eigenvalue weighted by Gasteiger charge is -2.29. The van der Waals surface area contributed by atoms with E-state index in [2.05, 4.69) is 0 Å². The van der Waals surface area contributed by atoms with Gasteiger partial charge in [-0.1, -0.05) is 54.8 Å². The van der Waals surface area contributed by atoms with Crippen LogP contribution >= 0.6 is 35.6 Å². The Morgan fingerprint density at radius 1 is 1.38 bits per heavy atom. The molecule has 1 aromatic rings. The summed E-state index contributed by atoms with van der Waals surface area (Å²) in [4.78, 5) is 15.0. The topological polar surface area (TPSA) is 49.8 Å². The number of hydrogen-bond donors (Lipinski definition) is 1. The highest BCUT2D eigenvalue weighted by molar-refractivity contribution is 8.26. The molecule has 0 atom stereocenters. The molecule has 1 N–H and O–H groups in total. The van der Waals surface area contributed by atoms with Crippen molar-refractivity contribution in [2.24, 2.45) is 0 Å². The predicted molar refractivity (Wildman–Crippen MR) is 102 cm³/mol. The fourth-order valence-electron chi connectivity index (χ4n) is 3.14. The largest absolute Gasteiger partial charge is 0.504 e. The molecule has 1 saturated heterocycles. The summed E-state index contributed by atoms with van der Waals surface area (Å²) in [6.45, 7) is 0. The Morgan fingerprint density at radius 3 is 2.75 bits per heavy atom. The van der Waals surface area contributed by atoms with E-state index >= 15 is 0 Å². The van der Waals surface area contributed by atoms with E-state index in [1.807, 2.05) is 0 Å². The second-order valence-electron chi connectivity index (χ2n) is 5.89. The van der Waals surface area contributed by atoms with Crippen molar-refractivity contribution in [1.29, 1.82) is 0 Å². The molecule has 128 valence electrons. The Bertz CT molecular complexity index is 714. The molecular weight excluding hydrogens is 366 g/mol. The normalized spacial score (nSPS) is 20.9. The van der Waals surface area contributed by atoms with Gasteiger partial charge in [-0.15, -0.1) is 0 Å². The Labute approximate surface area is 155 Å². The van der Waals surface area contributed by atoms with E-state index in [9.17, 15) is 9.90 Å². The SMILES string of the molecule is COc1cc(Cl)cc(/C=C2\SC(=S)N(C3CCCCC3)C2=O)c1O. The van der Waals surface area contributed by atoms with Gasteiger partial charge < -0.3 is 9.84 Å². The van der Waals surface area contributed by atoms with Crippen LogP contribution in [0.4, 0.5) is 0 Å². The monoisotopic (exact) mass is 383 g/mol. The van der Waals surface area contributed by atoms with Crippen LogP contribution in [0.15, 0.2) is 17.0 Å². The highest BCUT2D eigenvalue weighted by Gasteiger charge is 2.37. The first-order chi connectivity index (χ1) is 11.5. The molecule has 1 heterocycles. The van der Waals surface area contributed by atoms with Crippen molar-refractivity contribution < 1.29 is 14.6 Å². The summed E-state index contributed by atoms with van der Waals surface area (Å²) in [7, 11) is 1.46. The van der Waals surface area contributed by atoms with E-state index in [1.165, 1.54) is 31.4 Å². The molecule has 2 aliphatic rings. The quantitative estimate of drug-likeness (QED) is 0.611. The third-order valence-corrected chi connectivity index (χ3v) is 5.89. The first-order valence-electron chi connectivity index (χ1n) is 7.85. The van der Waals surface area contributed by atoms with Gasteiger partial charge in [0.1, 0.15) is 4.32 Å². The van der Waals surface area contributed by atoms with Crippen LogP contribution in [-0.2, 0) is 4.79 Å². The lowest BCUT2D eigenvalue weighted by molar-refractivity contribution is -0.124. The number of phenolic OH excluding ortho intramolecular Hbond substituents is 1. The third-order valence-electron chi connectivity index (χ3n) is 4.34. The Hall–Kier alpha value is -1.24. The third kappa shape index (κ3) is 3.41. The molecule has 1 amide bonds. The molecule has 1 saturated carbocycles. The standard InChI is InChI=1S/C17H18ClNO3S2/c1-22-13-9-11(18)7-10(15(13)20)8-14-16(21)19(17(23)24-14)12-5-3-2-4-6-12/h7-9,12,20H,2-6H2,1H3/b14-8-. The lowest BCUT2D eigenvalue weighted by atomic mass is 9.94. The summed E-state index contributed by atoms with van der Waals surface area (Å²) in [6, 6.07) is 3.33. The van der Waals surface area contributed by atoms with Gasteiger partial charge in [-0.2, -0.15) is 0 Å². The smallest absolute Gasteiger partial charge is 0.266 e. The number of benzene rings is 1. The number of carbonyl (C=O) groups is 1. The van der Waals surface area contributed by atoms with E-state index in [0.29, 0.717) is 19.8 Å². The number of halogens is 1. The predicted octanol–water partition coefficient (Wildman–Crippen LogP) is 4.59. The van der Waals surface area contributed by atoms with Crippen LogP contribution in [-0.4, -0.2) is 33.4 Å². The number of methoxy groups -OCH3 is 1. The lowest BCUT2D eigenvalue weighted by Crippen LogP contribution is -2.39. The number of rotatable bonds is 3. The number of nitrogens with zero attached hydrogens (tertiary/aromatic N) is 1. The van der Waals surface area contributed by atoms with Gasteiger partial charge in [-0.3, -0.25) is 9.69 Å². The van der Waals surface area contributed by atoms with Crippen molar-refractivity contribution in [3.63, 3.8) is 0 Å². The summed E-state index contributed by atoms with van der Waals surface area (Å²) in [5, 5.41) is 10.7. The van der Waals surface area contributed by atoms with Crippen LogP contribution in [0, 0.1) is 0 Å². The summed E-state index contributed by atoms with van der Waals surface area (Å²) in [5.74, 6) is 0.150. The van der Waals surface area contributed by atoms with Gasteiger partial charge in [0.25, 0.3) is 5.91 Å². The van der Waals surface area contributed by atoms with Gasteiger partial charge in [0.15, 0.2) is 11.5 Å². The number of carbonyl (C=O) groups excluding carboxylic acids is 1. The zero-order valence-corrected chi connectivity index (χ0v) is 15.6. The average Bonchev–Trinajstić information content (AvgIpc) is 2.85. The second kappa shape index (κ2) is 7.33. The molecule has 1 aliphatic heterocycles. The molecule has 3 rings (SSSR count). The molecule has 0 aromatic heterocycles. The molecule has 4 nitrogen and oxygen atoms in total. The van der Waals surface area contributed by atoms with E-state index in [0.717, 1.165) is 25.7 Å². The first-order valence-corrected chi connectivity index (χ1v) is 9.45. The Balaban J connectivity index is 1.90. The van der Waals surface area contributed by atoms with Gasteiger partial charge in [0.05, 0.1) is 12.0 Å². The van der Waals surface area contributed by atoms with Crippen LogP contribution in [0.5, 0.6) is 11.5 Å². The Kier molecular flexibility index (Phi) is 5.37. The summed E-state index contributed by atoms with van der Waals surface area (Å²) < 4.78 is 5.69. The molecule has 0 unspecified atom stereocenters. The van der Waals surface area contributed by atoms with Crippen LogP contribution in [0.2, 0.25) is 5.02 Å². The average molecular weight is 384 g/mol. The fraction of sp³-hybridized carbons (Fsp3) is 0.412. The fourth-order valence-corrected chi connectivity index (χ4v) is 4.74. The molecule has 0 bridgehead atoms. The Morgan fingerprint density at radius 2 is 2.08 bits per heavy atom. The maximum Gasteiger partial charge on any atom is 0.266 e. The molecule has 24 heavy (non-hydrogen) atoms. The van der Waals surface area contributed by atoms with Crippen molar-refractivity contribution in [2.75, 3.05) is 7.11 Å².